The van der Waals surface area contributed by atoms with E-state index in [4.69, 9.17) is 5.84 Å². The van der Waals surface area contributed by atoms with Crippen LogP contribution in [0.5, 0.6) is 0 Å². The van der Waals surface area contributed by atoms with Crippen LogP contribution in [-0.2, 0) is 0 Å². The van der Waals surface area contributed by atoms with Crippen LogP contribution in [0.15, 0.2) is 0 Å². The summed E-state index contributed by atoms with van der Waals surface area (Å²) < 4.78 is 0. The second kappa shape index (κ2) is 6.08. The smallest absolute Gasteiger partial charge is 0.0406 e. The molecule has 4 fully saturated rings. The number of hydrogen-bond acceptors (Lipinski definition) is 4. The molecule has 3 N–H and O–H groups in total. The van der Waals surface area contributed by atoms with Crippen LogP contribution in [0, 0.1) is 11.8 Å². The molecule has 19 heavy (non-hydrogen) atoms. The number of piperazine rings is 3. The Labute approximate surface area is 117 Å². The van der Waals surface area contributed by atoms with Crippen LogP contribution >= 0.6 is 0 Å². The molecule has 2 bridgehead atoms. The molecule has 2 atom stereocenters. The molecule has 110 valence electrons. The van der Waals surface area contributed by atoms with Crippen molar-refractivity contribution in [1.29, 1.82) is 0 Å². The quantitative estimate of drug-likeness (QED) is 0.589. The second-order valence-electron chi connectivity index (χ2n) is 6.79. The van der Waals surface area contributed by atoms with Crippen LogP contribution in [0.2, 0.25) is 0 Å². The lowest BCUT2D eigenvalue weighted by Gasteiger charge is -2.52. The lowest BCUT2D eigenvalue weighted by atomic mass is 9.75. The number of hydrazine groups is 1. The van der Waals surface area contributed by atoms with E-state index in [1.54, 1.807) is 0 Å². The average Bonchev–Trinajstić information content (AvgIpc) is 2.50. The topological polar surface area (TPSA) is 44.5 Å². The molecule has 0 aromatic carbocycles. The Balaban J connectivity index is 1.61. The SMILES string of the molecule is CCC1CCC(C(NN)C2CN3CCN2CC3)CC1. The number of nitrogens with two attached hydrogens (primary N) is 1. The molecule has 4 heteroatoms. The van der Waals surface area contributed by atoms with Crippen molar-refractivity contribution in [3.63, 3.8) is 0 Å². The second-order valence-corrected chi connectivity index (χ2v) is 6.79. The van der Waals surface area contributed by atoms with Gasteiger partial charge in [0.2, 0.25) is 0 Å². The van der Waals surface area contributed by atoms with Gasteiger partial charge in [-0.25, -0.2) is 0 Å². The maximum Gasteiger partial charge on any atom is 0.0406 e. The van der Waals surface area contributed by atoms with Gasteiger partial charge in [-0.1, -0.05) is 26.2 Å². The highest BCUT2D eigenvalue weighted by atomic mass is 15.4. The molecule has 1 saturated carbocycles. The Bertz CT molecular complexity index is 280. The third kappa shape index (κ3) is 2.82. The molecule has 0 radical (unpaired) electrons. The Morgan fingerprint density at radius 1 is 1.11 bits per heavy atom. The van der Waals surface area contributed by atoms with Crippen LogP contribution in [0.25, 0.3) is 0 Å². The minimum Gasteiger partial charge on any atom is -0.299 e. The molecular weight excluding hydrogens is 236 g/mol. The normalized spacial score (nSPS) is 44.2. The summed E-state index contributed by atoms with van der Waals surface area (Å²) in [4.78, 5) is 5.29. The van der Waals surface area contributed by atoms with Crippen LogP contribution < -0.4 is 11.3 Å². The van der Waals surface area contributed by atoms with Crippen molar-refractivity contribution in [2.24, 2.45) is 17.7 Å². The first-order chi connectivity index (χ1) is 9.31. The maximum absolute atomic E-state index is 5.94. The molecule has 0 spiro atoms. The molecule has 3 saturated heterocycles. The monoisotopic (exact) mass is 266 g/mol. The van der Waals surface area contributed by atoms with E-state index >= 15 is 0 Å². The summed E-state index contributed by atoms with van der Waals surface area (Å²) in [7, 11) is 0. The van der Waals surface area contributed by atoms with Gasteiger partial charge in [0.25, 0.3) is 0 Å². The number of nitrogens with one attached hydrogen (secondary N) is 1. The summed E-state index contributed by atoms with van der Waals surface area (Å²) in [6.45, 7) is 8.57. The molecule has 0 amide bonds. The van der Waals surface area contributed by atoms with E-state index in [1.807, 2.05) is 0 Å². The third-order valence-corrected chi connectivity index (χ3v) is 5.90. The van der Waals surface area contributed by atoms with Gasteiger partial charge in [0.1, 0.15) is 0 Å². The summed E-state index contributed by atoms with van der Waals surface area (Å²) in [5.41, 5.74) is 3.19. The van der Waals surface area contributed by atoms with Crippen molar-refractivity contribution in [3.8, 4) is 0 Å². The Kier molecular flexibility index (Phi) is 4.42. The van der Waals surface area contributed by atoms with E-state index in [9.17, 15) is 0 Å². The van der Waals surface area contributed by atoms with E-state index < -0.39 is 0 Å². The summed E-state index contributed by atoms with van der Waals surface area (Å²) >= 11 is 0. The van der Waals surface area contributed by atoms with Crippen molar-refractivity contribution in [2.75, 3.05) is 32.7 Å². The predicted octanol–water partition coefficient (Wildman–Crippen LogP) is 1.03. The van der Waals surface area contributed by atoms with Gasteiger partial charge in [-0.3, -0.25) is 21.1 Å². The fraction of sp³-hybridized carbons (Fsp3) is 1.00. The Hall–Kier alpha value is -0.160. The number of hydrogen-bond donors (Lipinski definition) is 2. The zero-order chi connectivity index (χ0) is 13.2. The van der Waals surface area contributed by atoms with Gasteiger partial charge in [0.05, 0.1) is 0 Å². The highest BCUT2D eigenvalue weighted by Crippen LogP contribution is 2.35. The lowest BCUT2D eigenvalue weighted by molar-refractivity contribution is -0.0179. The van der Waals surface area contributed by atoms with Gasteiger partial charge in [-0.2, -0.15) is 0 Å². The fourth-order valence-corrected chi connectivity index (χ4v) is 4.52. The van der Waals surface area contributed by atoms with Crippen LogP contribution in [0.3, 0.4) is 0 Å². The Morgan fingerprint density at radius 2 is 1.79 bits per heavy atom. The van der Waals surface area contributed by atoms with E-state index in [1.165, 1.54) is 64.8 Å². The van der Waals surface area contributed by atoms with Crippen molar-refractivity contribution < 1.29 is 0 Å². The fourth-order valence-electron chi connectivity index (χ4n) is 4.52. The predicted molar refractivity (Wildman–Crippen MR) is 78.7 cm³/mol. The maximum atomic E-state index is 5.94. The molecule has 4 nitrogen and oxygen atoms in total. The highest BCUT2D eigenvalue weighted by Gasteiger charge is 2.40. The molecule has 0 aromatic rings. The zero-order valence-electron chi connectivity index (χ0n) is 12.4. The van der Waals surface area contributed by atoms with Crippen LogP contribution in [0.4, 0.5) is 0 Å². The zero-order valence-corrected chi connectivity index (χ0v) is 12.4. The van der Waals surface area contributed by atoms with Gasteiger partial charge in [0.15, 0.2) is 0 Å². The lowest BCUT2D eigenvalue weighted by Crippen LogP contribution is -2.68. The van der Waals surface area contributed by atoms with Gasteiger partial charge in [-0.05, 0) is 24.7 Å². The molecule has 3 heterocycles. The standard InChI is InChI=1S/C15H30N4/c1-2-12-3-5-13(6-4-12)15(17-16)14-11-18-7-9-19(14)10-8-18/h12-15,17H,2-11,16H2,1H3. The van der Waals surface area contributed by atoms with Crippen LogP contribution in [0.1, 0.15) is 39.0 Å². The minimum absolute atomic E-state index is 0.501. The largest absolute Gasteiger partial charge is 0.299 e. The van der Waals surface area contributed by atoms with E-state index in [0.717, 1.165) is 11.8 Å². The number of fused-ring (bicyclic) bond motifs is 3. The molecule has 4 rings (SSSR count). The molecule has 3 aliphatic heterocycles. The van der Waals surface area contributed by atoms with Gasteiger partial charge in [0, 0.05) is 44.8 Å². The molecular formula is C15H30N4. The summed E-state index contributed by atoms with van der Waals surface area (Å²) in [5.74, 6) is 7.70. The van der Waals surface area contributed by atoms with E-state index in [0.29, 0.717) is 12.1 Å². The summed E-state index contributed by atoms with van der Waals surface area (Å²) in [5, 5.41) is 0. The molecule has 0 aromatic heterocycles. The van der Waals surface area contributed by atoms with Gasteiger partial charge in [-0.15, -0.1) is 0 Å². The highest BCUT2D eigenvalue weighted by molar-refractivity contribution is 4.97. The van der Waals surface area contributed by atoms with Gasteiger partial charge < -0.3 is 0 Å². The van der Waals surface area contributed by atoms with Crippen molar-refractivity contribution in [3.05, 3.63) is 0 Å². The average molecular weight is 266 g/mol. The van der Waals surface area contributed by atoms with Gasteiger partial charge >= 0.3 is 0 Å². The first-order valence-corrected chi connectivity index (χ1v) is 8.24. The first-order valence-electron chi connectivity index (χ1n) is 8.24. The molecule has 4 aliphatic rings. The molecule has 2 unspecified atom stereocenters. The van der Waals surface area contributed by atoms with Crippen molar-refractivity contribution in [2.45, 2.75) is 51.1 Å². The van der Waals surface area contributed by atoms with E-state index in [2.05, 4.69) is 22.1 Å². The van der Waals surface area contributed by atoms with Crippen molar-refractivity contribution in [1.82, 2.24) is 15.2 Å². The van der Waals surface area contributed by atoms with Crippen LogP contribution in [-0.4, -0.2) is 54.6 Å². The summed E-state index contributed by atoms with van der Waals surface area (Å²) in [6, 6.07) is 1.15. The first kappa shape index (κ1) is 13.8. The molecule has 1 aliphatic carbocycles. The van der Waals surface area contributed by atoms with Crippen molar-refractivity contribution >= 4 is 0 Å². The Morgan fingerprint density at radius 3 is 2.26 bits per heavy atom. The number of rotatable bonds is 4. The minimum atomic E-state index is 0.501. The third-order valence-electron chi connectivity index (χ3n) is 5.90. The number of nitrogens with zero attached hydrogens (tertiary/aromatic N) is 2. The summed E-state index contributed by atoms with van der Waals surface area (Å²) in [6.07, 6.45) is 6.93. The van der Waals surface area contributed by atoms with E-state index in [-0.39, 0.29) is 0 Å².